The van der Waals surface area contributed by atoms with E-state index in [1.54, 1.807) is 22.9 Å². The average molecular weight is 297 g/mol. The summed E-state index contributed by atoms with van der Waals surface area (Å²) in [5.74, 6) is 0.580. The van der Waals surface area contributed by atoms with Crippen LogP contribution in [-0.2, 0) is 4.79 Å². The number of benzene rings is 1. The second-order valence-corrected chi connectivity index (χ2v) is 6.17. The first-order chi connectivity index (χ1) is 8.75. The molecule has 18 heavy (non-hydrogen) atoms. The lowest BCUT2D eigenvalue weighted by atomic mass is 10.2. The summed E-state index contributed by atoms with van der Waals surface area (Å²) in [5, 5.41) is 3.28. The quantitative estimate of drug-likeness (QED) is 0.849. The van der Waals surface area contributed by atoms with Gasteiger partial charge in [0.25, 0.3) is 0 Å². The summed E-state index contributed by atoms with van der Waals surface area (Å²) >= 11 is 9.08. The van der Waals surface area contributed by atoms with E-state index >= 15 is 0 Å². The number of thiazole rings is 1. The molecule has 0 unspecified atom stereocenters. The van der Waals surface area contributed by atoms with Crippen molar-refractivity contribution in [1.82, 2.24) is 4.98 Å². The van der Waals surface area contributed by atoms with E-state index in [0.717, 1.165) is 10.7 Å². The number of carbonyl (C=O) groups excluding carboxylic acids is 1. The Morgan fingerprint density at radius 1 is 1.44 bits per heavy atom. The molecule has 1 aliphatic rings. The van der Waals surface area contributed by atoms with E-state index in [9.17, 15) is 4.79 Å². The van der Waals surface area contributed by atoms with E-state index in [0.29, 0.717) is 10.8 Å². The molecule has 0 aliphatic carbocycles. The number of hydrogen-bond acceptors (Lipinski definition) is 4. The first kappa shape index (κ1) is 12.0. The largest absolute Gasteiger partial charge is 0.273 e. The fourth-order valence-corrected chi connectivity index (χ4v) is 3.97. The third kappa shape index (κ3) is 2.13. The van der Waals surface area contributed by atoms with Crippen LogP contribution in [0.2, 0.25) is 5.02 Å². The molecule has 0 radical (unpaired) electrons. The minimum atomic E-state index is -0.0256. The Morgan fingerprint density at radius 2 is 2.33 bits per heavy atom. The van der Waals surface area contributed by atoms with Gasteiger partial charge in [0.15, 0.2) is 5.13 Å². The first-order valence-electron chi connectivity index (χ1n) is 5.34. The third-order valence-corrected chi connectivity index (χ3v) is 4.85. The van der Waals surface area contributed by atoms with E-state index in [4.69, 9.17) is 11.6 Å². The van der Waals surface area contributed by atoms with E-state index in [1.807, 2.05) is 29.6 Å². The Labute approximate surface area is 118 Å². The van der Waals surface area contributed by atoms with Crippen molar-refractivity contribution in [1.29, 1.82) is 0 Å². The standard InChI is InChI=1S/C12H9ClN2OS2/c13-9-3-1-2-8(6-9)11-15(10(16)7-18-11)12-14-4-5-17-12/h1-6,11H,7H2/t11-/m1/s1. The van der Waals surface area contributed by atoms with Gasteiger partial charge < -0.3 is 0 Å². The highest BCUT2D eigenvalue weighted by Crippen LogP contribution is 2.42. The summed E-state index contributed by atoms with van der Waals surface area (Å²) in [6.07, 6.45) is 1.71. The smallest absolute Gasteiger partial charge is 0.240 e. The van der Waals surface area contributed by atoms with Gasteiger partial charge in [-0.25, -0.2) is 4.98 Å². The molecule has 0 spiro atoms. The van der Waals surface area contributed by atoms with E-state index in [1.165, 1.54) is 11.3 Å². The van der Waals surface area contributed by atoms with Crippen LogP contribution in [0.4, 0.5) is 5.13 Å². The highest BCUT2D eigenvalue weighted by molar-refractivity contribution is 8.00. The van der Waals surface area contributed by atoms with Crippen molar-refractivity contribution in [3.05, 3.63) is 46.4 Å². The minimum absolute atomic E-state index is 0.0256. The molecule has 6 heteroatoms. The molecule has 92 valence electrons. The summed E-state index contributed by atoms with van der Waals surface area (Å²) in [6, 6.07) is 7.63. The number of carbonyl (C=O) groups is 1. The Balaban J connectivity index is 1.99. The summed E-state index contributed by atoms with van der Waals surface area (Å²) in [5.41, 5.74) is 1.04. The lowest BCUT2D eigenvalue weighted by Crippen LogP contribution is -2.27. The molecule has 0 N–H and O–H groups in total. The number of aromatic nitrogens is 1. The van der Waals surface area contributed by atoms with Gasteiger partial charge in [0.2, 0.25) is 5.91 Å². The summed E-state index contributed by atoms with van der Waals surface area (Å²) < 4.78 is 0. The number of thioether (sulfide) groups is 1. The maximum absolute atomic E-state index is 12.0. The average Bonchev–Trinajstić information content (AvgIpc) is 2.97. The zero-order valence-electron chi connectivity index (χ0n) is 9.25. The van der Waals surface area contributed by atoms with Gasteiger partial charge in [-0.1, -0.05) is 23.7 Å². The first-order valence-corrected chi connectivity index (χ1v) is 7.65. The number of hydrogen-bond donors (Lipinski definition) is 0. The van der Waals surface area contributed by atoms with Gasteiger partial charge in [0, 0.05) is 16.6 Å². The van der Waals surface area contributed by atoms with Crippen LogP contribution in [0.1, 0.15) is 10.9 Å². The van der Waals surface area contributed by atoms with Crippen LogP contribution in [-0.4, -0.2) is 16.6 Å². The van der Waals surface area contributed by atoms with Gasteiger partial charge in [-0.3, -0.25) is 9.69 Å². The van der Waals surface area contributed by atoms with Gasteiger partial charge in [0.1, 0.15) is 5.37 Å². The normalized spacial score (nSPS) is 19.5. The number of halogens is 1. The van der Waals surface area contributed by atoms with Gasteiger partial charge in [-0.2, -0.15) is 0 Å². The van der Waals surface area contributed by atoms with Gasteiger partial charge in [-0.05, 0) is 17.7 Å². The molecule has 1 aromatic heterocycles. The van der Waals surface area contributed by atoms with E-state index in [2.05, 4.69) is 4.98 Å². The molecule has 0 bridgehead atoms. The number of nitrogens with zero attached hydrogens (tertiary/aromatic N) is 2. The molecule has 2 heterocycles. The number of amides is 1. The van der Waals surface area contributed by atoms with Gasteiger partial charge >= 0.3 is 0 Å². The van der Waals surface area contributed by atoms with Crippen molar-refractivity contribution in [2.75, 3.05) is 10.7 Å². The Hall–Kier alpha value is -1.04. The van der Waals surface area contributed by atoms with Crippen LogP contribution in [0.5, 0.6) is 0 Å². The van der Waals surface area contributed by atoms with Crippen molar-refractivity contribution in [3.63, 3.8) is 0 Å². The lowest BCUT2D eigenvalue weighted by Gasteiger charge is -2.21. The van der Waals surface area contributed by atoms with Crippen LogP contribution >= 0.6 is 34.7 Å². The predicted molar refractivity (Wildman–Crippen MR) is 76.3 cm³/mol. The Morgan fingerprint density at radius 3 is 3.06 bits per heavy atom. The van der Waals surface area contributed by atoms with Crippen LogP contribution in [0.15, 0.2) is 35.8 Å². The van der Waals surface area contributed by atoms with Gasteiger partial charge in [0.05, 0.1) is 5.75 Å². The van der Waals surface area contributed by atoms with Crippen LogP contribution in [0, 0.1) is 0 Å². The molecule has 1 amide bonds. The second-order valence-electron chi connectivity index (χ2n) is 3.80. The zero-order chi connectivity index (χ0) is 12.5. The molecule has 3 rings (SSSR count). The van der Waals surface area contributed by atoms with Crippen molar-refractivity contribution in [3.8, 4) is 0 Å². The molecule has 1 atom stereocenters. The zero-order valence-corrected chi connectivity index (χ0v) is 11.6. The Kier molecular flexibility index (Phi) is 3.28. The summed E-state index contributed by atoms with van der Waals surface area (Å²) in [4.78, 5) is 18.0. The molecule has 1 saturated heterocycles. The molecular weight excluding hydrogens is 288 g/mol. The lowest BCUT2D eigenvalue weighted by molar-refractivity contribution is -0.115. The molecule has 0 saturated carbocycles. The second kappa shape index (κ2) is 4.91. The van der Waals surface area contributed by atoms with Gasteiger partial charge in [-0.15, -0.1) is 23.1 Å². The SMILES string of the molecule is O=C1CS[C@H](c2cccc(Cl)c2)N1c1nccs1. The summed E-state index contributed by atoms with van der Waals surface area (Å²) in [7, 11) is 0. The fraction of sp³-hybridized carbons (Fsp3) is 0.167. The van der Waals surface area contributed by atoms with Crippen LogP contribution < -0.4 is 4.90 Å². The molecule has 2 aromatic rings. The molecular formula is C12H9ClN2OS2. The molecule has 1 fully saturated rings. The van der Waals surface area contributed by atoms with E-state index in [-0.39, 0.29) is 11.3 Å². The summed E-state index contributed by atoms with van der Waals surface area (Å²) in [6.45, 7) is 0. The third-order valence-electron chi connectivity index (χ3n) is 2.63. The van der Waals surface area contributed by atoms with Crippen LogP contribution in [0.3, 0.4) is 0 Å². The molecule has 1 aromatic carbocycles. The molecule has 1 aliphatic heterocycles. The molecule has 3 nitrogen and oxygen atoms in total. The monoisotopic (exact) mass is 296 g/mol. The highest BCUT2D eigenvalue weighted by atomic mass is 35.5. The van der Waals surface area contributed by atoms with Crippen LogP contribution in [0.25, 0.3) is 0 Å². The maximum atomic E-state index is 12.0. The van der Waals surface area contributed by atoms with Crippen molar-refractivity contribution in [2.24, 2.45) is 0 Å². The highest BCUT2D eigenvalue weighted by Gasteiger charge is 2.35. The van der Waals surface area contributed by atoms with E-state index < -0.39 is 0 Å². The fourth-order valence-electron chi connectivity index (χ4n) is 1.87. The minimum Gasteiger partial charge on any atom is -0.273 e. The number of anilines is 1. The van der Waals surface area contributed by atoms with Crippen molar-refractivity contribution < 1.29 is 4.79 Å². The predicted octanol–water partition coefficient (Wildman–Crippen LogP) is 3.58. The van der Waals surface area contributed by atoms with Crippen molar-refractivity contribution >= 4 is 45.7 Å². The van der Waals surface area contributed by atoms with Crippen molar-refractivity contribution in [2.45, 2.75) is 5.37 Å². The maximum Gasteiger partial charge on any atom is 0.240 e. The Bertz CT molecular complexity index is 573. The number of rotatable bonds is 2. The topological polar surface area (TPSA) is 33.2 Å².